The summed E-state index contributed by atoms with van der Waals surface area (Å²) in [6.07, 6.45) is 2.98. The second-order valence-corrected chi connectivity index (χ2v) is 7.15. The van der Waals surface area contributed by atoms with Crippen LogP contribution in [0.25, 0.3) is 16.7 Å². The predicted octanol–water partition coefficient (Wildman–Crippen LogP) is 6.20. The molecule has 3 aromatic carbocycles. The monoisotopic (exact) mass is 422 g/mol. The lowest BCUT2D eigenvalue weighted by atomic mass is 10.2. The van der Waals surface area contributed by atoms with Crippen molar-refractivity contribution in [3.63, 3.8) is 0 Å². The maximum atomic E-state index is 11.6. The Bertz CT molecular complexity index is 1230. The third-order valence-corrected chi connectivity index (χ3v) is 4.90. The number of hydrogen-bond donors (Lipinski definition) is 2. The van der Waals surface area contributed by atoms with Gasteiger partial charge in [0.05, 0.1) is 21.7 Å². The van der Waals surface area contributed by atoms with E-state index in [0.717, 1.165) is 28.1 Å². The smallest absolute Gasteiger partial charge is 0.247 e. The molecule has 5 nitrogen and oxygen atoms in total. The Morgan fingerprint density at radius 3 is 2.72 bits per heavy atom. The molecule has 0 unspecified atom stereocenters. The van der Waals surface area contributed by atoms with Gasteiger partial charge in [-0.05, 0) is 60.7 Å². The van der Waals surface area contributed by atoms with Gasteiger partial charge >= 0.3 is 0 Å². The summed E-state index contributed by atoms with van der Waals surface area (Å²) in [5.41, 5.74) is 4.83. The van der Waals surface area contributed by atoms with Crippen LogP contribution >= 0.6 is 23.2 Å². The van der Waals surface area contributed by atoms with Gasteiger partial charge in [-0.3, -0.25) is 9.36 Å². The molecule has 0 bridgehead atoms. The molecular formula is C22H16Cl2N4O. The first-order valence-electron chi connectivity index (χ1n) is 8.76. The van der Waals surface area contributed by atoms with Gasteiger partial charge in [0.1, 0.15) is 6.33 Å². The standard InChI is InChI=1S/C22H16Cl2N4O/c1-2-22(29)27-16-7-9-19-21(12-16)28(13-25-19)17-5-3-4-15(11-17)26-20-10-14(23)6-8-18(20)24/h2-13,26H,1H2,(H,27,29). The molecule has 1 heterocycles. The fraction of sp³-hybridized carbons (Fsp3) is 0. The lowest BCUT2D eigenvalue weighted by Gasteiger charge is -2.11. The number of fused-ring (bicyclic) bond motifs is 1. The van der Waals surface area contributed by atoms with Crippen molar-refractivity contribution in [2.75, 3.05) is 10.6 Å². The first-order valence-corrected chi connectivity index (χ1v) is 9.52. The molecule has 7 heteroatoms. The quantitative estimate of drug-likeness (QED) is 0.376. The third-order valence-electron chi connectivity index (χ3n) is 4.33. The zero-order chi connectivity index (χ0) is 20.4. The first-order chi connectivity index (χ1) is 14.0. The molecule has 0 radical (unpaired) electrons. The highest BCUT2D eigenvalue weighted by molar-refractivity contribution is 6.35. The van der Waals surface area contributed by atoms with Gasteiger partial charge in [0.15, 0.2) is 0 Å². The molecule has 29 heavy (non-hydrogen) atoms. The Morgan fingerprint density at radius 2 is 1.90 bits per heavy atom. The van der Waals surface area contributed by atoms with E-state index in [1.807, 2.05) is 41.0 Å². The average Bonchev–Trinajstić information content (AvgIpc) is 3.14. The highest BCUT2D eigenvalue weighted by atomic mass is 35.5. The van der Waals surface area contributed by atoms with Crippen molar-refractivity contribution in [3.05, 3.63) is 89.7 Å². The number of imidazole rings is 1. The van der Waals surface area contributed by atoms with E-state index in [1.165, 1.54) is 6.08 Å². The molecule has 0 saturated heterocycles. The van der Waals surface area contributed by atoms with Gasteiger partial charge in [-0.1, -0.05) is 35.8 Å². The van der Waals surface area contributed by atoms with Crippen molar-refractivity contribution >= 4 is 57.2 Å². The molecule has 1 aromatic heterocycles. The Balaban J connectivity index is 1.70. The molecule has 4 aromatic rings. The van der Waals surface area contributed by atoms with Gasteiger partial charge in [0.2, 0.25) is 5.91 Å². The SMILES string of the molecule is C=CC(=O)Nc1ccc2ncn(-c3cccc(Nc4cc(Cl)ccc4Cl)c3)c2c1. The second-order valence-electron chi connectivity index (χ2n) is 6.31. The van der Waals surface area contributed by atoms with Crippen molar-refractivity contribution < 1.29 is 4.79 Å². The van der Waals surface area contributed by atoms with Crippen LogP contribution in [0.5, 0.6) is 0 Å². The number of hydrogen-bond acceptors (Lipinski definition) is 3. The number of carbonyl (C=O) groups excluding carboxylic acids is 1. The molecule has 0 aliphatic heterocycles. The topological polar surface area (TPSA) is 59.0 Å². The van der Waals surface area contributed by atoms with Crippen molar-refractivity contribution in [3.8, 4) is 5.69 Å². The summed E-state index contributed by atoms with van der Waals surface area (Å²) in [6.45, 7) is 3.48. The number of benzene rings is 3. The van der Waals surface area contributed by atoms with E-state index in [2.05, 4.69) is 22.2 Å². The Kier molecular flexibility index (Phi) is 5.25. The zero-order valence-corrected chi connectivity index (χ0v) is 16.7. The number of anilines is 3. The van der Waals surface area contributed by atoms with Crippen LogP contribution < -0.4 is 10.6 Å². The van der Waals surface area contributed by atoms with Crippen LogP contribution in [0.2, 0.25) is 10.0 Å². The Morgan fingerprint density at radius 1 is 1.03 bits per heavy atom. The van der Waals surface area contributed by atoms with Gasteiger partial charge in [0, 0.05) is 22.1 Å². The summed E-state index contributed by atoms with van der Waals surface area (Å²) >= 11 is 12.3. The van der Waals surface area contributed by atoms with Crippen LogP contribution in [-0.4, -0.2) is 15.5 Å². The molecule has 0 spiro atoms. The number of rotatable bonds is 5. The molecule has 0 atom stereocenters. The summed E-state index contributed by atoms with van der Waals surface area (Å²) in [6, 6.07) is 18.6. The van der Waals surface area contributed by atoms with Crippen molar-refractivity contribution in [1.29, 1.82) is 0 Å². The number of aromatic nitrogens is 2. The minimum Gasteiger partial charge on any atom is -0.354 e. The van der Waals surface area contributed by atoms with Crippen molar-refractivity contribution in [2.45, 2.75) is 0 Å². The van der Waals surface area contributed by atoms with Gasteiger partial charge in [-0.2, -0.15) is 0 Å². The summed E-state index contributed by atoms with van der Waals surface area (Å²) < 4.78 is 1.95. The number of amides is 1. The average molecular weight is 423 g/mol. The number of nitrogens with zero attached hydrogens (tertiary/aromatic N) is 2. The normalized spacial score (nSPS) is 10.7. The Hall–Kier alpha value is -3.28. The van der Waals surface area contributed by atoms with Gasteiger partial charge in [-0.25, -0.2) is 4.98 Å². The minimum atomic E-state index is -0.264. The molecule has 0 aliphatic rings. The van der Waals surface area contributed by atoms with E-state index in [9.17, 15) is 4.79 Å². The fourth-order valence-corrected chi connectivity index (χ4v) is 3.30. The summed E-state index contributed by atoms with van der Waals surface area (Å²) in [5, 5.41) is 7.24. The highest BCUT2D eigenvalue weighted by Gasteiger charge is 2.08. The lowest BCUT2D eigenvalue weighted by Crippen LogP contribution is -2.07. The number of nitrogens with one attached hydrogen (secondary N) is 2. The molecule has 144 valence electrons. The van der Waals surface area contributed by atoms with Crippen molar-refractivity contribution in [2.24, 2.45) is 0 Å². The van der Waals surface area contributed by atoms with E-state index in [1.54, 1.807) is 30.6 Å². The van der Waals surface area contributed by atoms with Crippen LogP contribution in [-0.2, 0) is 4.79 Å². The minimum absolute atomic E-state index is 0.264. The van der Waals surface area contributed by atoms with Crippen molar-refractivity contribution in [1.82, 2.24) is 9.55 Å². The molecule has 0 fully saturated rings. The Labute approximate surface area is 177 Å². The van der Waals surface area contributed by atoms with Crippen LogP contribution in [0.1, 0.15) is 0 Å². The second kappa shape index (κ2) is 7.99. The lowest BCUT2D eigenvalue weighted by molar-refractivity contribution is -0.111. The van der Waals surface area contributed by atoms with Gasteiger partial charge in [0.25, 0.3) is 0 Å². The third kappa shape index (κ3) is 4.11. The molecule has 4 rings (SSSR count). The van der Waals surface area contributed by atoms with Crippen LogP contribution in [0, 0.1) is 0 Å². The maximum Gasteiger partial charge on any atom is 0.247 e. The number of halogens is 2. The molecule has 1 amide bonds. The molecule has 2 N–H and O–H groups in total. The molecule has 0 aliphatic carbocycles. The highest BCUT2D eigenvalue weighted by Crippen LogP contribution is 2.30. The summed E-state index contributed by atoms with van der Waals surface area (Å²) in [5.74, 6) is -0.264. The summed E-state index contributed by atoms with van der Waals surface area (Å²) in [4.78, 5) is 16.0. The molecular weight excluding hydrogens is 407 g/mol. The fourth-order valence-electron chi connectivity index (χ4n) is 2.97. The zero-order valence-electron chi connectivity index (χ0n) is 15.2. The van der Waals surface area contributed by atoms with E-state index in [4.69, 9.17) is 23.2 Å². The van der Waals surface area contributed by atoms with E-state index in [0.29, 0.717) is 15.7 Å². The molecule has 0 saturated carbocycles. The summed E-state index contributed by atoms with van der Waals surface area (Å²) in [7, 11) is 0. The van der Waals surface area contributed by atoms with E-state index >= 15 is 0 Å². The van der Waals surface area contributed by atoms with Crippen LogP contribution in [0.4, 0.5) is 17.1 Å². The number of carbonyl (C=O) groups is 1. The largest absolute Gasteiger partial charge is 0.354 e. The van der Waals surface area contributed by atoms with Gasteiger partial charge < -0.3 is 10.6 Å². The van der Waals surface area contributed by atoms with E-state index in [-0.39, 0.29) is 5.91 Å². The van der Waals surface area contributed by atoms with Gasteiger partial charge in [-0.15, -0.1) is 0 Å². The van der Waals surface area contributed by atoms with E-state index < -0.39 is 0 Å². The maximum absolute atomic E-state index is 11.6. The first kappa shape index (κ1) is 19.1. The van der Waals surface area contributed by atoms with Crippen LogP contribution in [0.15, 0.2) is 79.6 Å². The predicted molar refractivity (Wildman–Crippen MR) is 120 cm³/mol. The van der Waals surface area contributed by atoms with Crippen LogP contribution in [0.3, 0.4) is 0 Å².